The van der Waals surface area contributed by atoms with Crippen molar-refractivity contribution in [2.45, 2.75) is 6.54 Å². The molecule has 0 bridgehead atoms. The zero-order chi connectivity index (χ0) is 21.0. The van der Waals surface area contributed by atoms with E-state index >= 15 is 0 Å². The number of anilines is 1. The molecule has 1 aromatic heterocycles. The zero-order valence-corrected chi connectivity index (χ0v) is 17.2. The molecule has 3 rings (SSSR count). The van der Waals surface area contributed by atoms with E-state index in [1.54, 1.807) is 24.3 Å². The first-order valence-corrected chi connectivity index (χ1v) is 9.26. The lowest BCUT2D eigenvalue weighted by molar-refractivity contribution is -0.117. The first-order valence-electron chi connectivity index (χ1n) is 8.46. The van der Waals surface area contributed by atoms with Crippen molar-refractivity contribution in [1.82, 2.24) is 9.78 Å². The molecule has 3 aromatic rings. The molecule has 150 valence electrons. The number of nitrogens with one attached hydrogen (secondary N) is 1. The van der Waals surface area contributed by atoms with E-state index in [1.807, 2.05) is 0 Å². The number of methoxy groups -OCH3 is 2. The molecular weight excluding hydrogens is 445 g/mol. The van der Waals surface area contributed by atoms with Crippen molar-refractivity contribution in [2.24, 2.45) is 0 Å². The standard InChI is InChI=1S/C20H17BrFN3O4/c1-28-13-4-7-18(29-2)14(10-13)16-6-8-20(27)25(24-16)11-19(26)23-17-5-3-12(21)9-15(17)22/h3-10H,11H2,1-2H3,(H,23,26). The minimum atomic E-state index is -0.595. The summed E-state index contributed by atoms with van der Waals surface area (Å²) in [4.78, 5) is 24.5. The van der Waals surface area contributed by atoms with Crippen molar-refractivity contribution in [1.29, 1.82) is 0 Å². The Kier molecular flexibility index (Phi) is 6.28. The molecule has 7 nitrogen and oxygen atoms in total. The van der Waals surface area contributed by atoms with Gasteiger partial charge in [-0.3, -0.25) is 9.59 Å². The van der Waals surface area contributed by atoms with Gasteiger partial charge in [-0.05, 0) is 42.5 Å². The zero-order valence-electron chi connectivity index (χ0n) is 15.6. The molecule has 9 heteroatoms. The lowest BCUT2D eigenvalue weighted by atomic mass is 10.1. The van der Waals surface area contributed by atoms with Crippen molar-refractivity contribution in [3.05, 3.63) is 69.2 Å². The molecule has 0 atom stereocenters. The van der Waals surface area contributed by atoms with Crippen LogP contribution in [-0.2, 0) is 11.3 Å². The van der Waals surface area contributed by atoms with Crippen LogP contribution < -0.4 is 20.3 Å². The number of ether oxygens (including phenoxy) is 2. The summed E-state index contributed by atoms with van der Waals surface area (Å²) in [5.74, 6) is -0.0628. The Labute approximate surface area is 174 Å². The van der Waals surface area contributed by atoms with Crippen LogP contribution in [0.4, 0.5) is 10.1 Å². The second-order valence-electron chi connectivity index (χ2n) is 5.95. The Morgan fingerprint density at radius 2 is 1.93 bits per heavy atom. The third kappa shape index (κ3) is 4.80. The smallest absolute Gasteiger partial charge is 0.267 e. The topological polar surface area (TPSA) is 82.5 Å². The maximum Gasteiger partial charge on any atom is 0.267 e. The predicted octanol–water partition coefficient (Wildman–Crippen LogP) is 3.47. The Morgan fingerprint density at radius 3 is 2.62 bits per heavy atom. The second-order valence-corrected chi connectivity index (χ2v) is 6.87. The van der Waals surface area contributed by atoms with Gasteiger partial charge in [-0.2, -0.15) is 5.10 Å². The van der Waals surface area contributed by atoms with Gasteiger partial charge in [0.2, 0.25) is 5.91 Å². The number of carbonyl (C=O) groups is 1. The molecule has 0 saturated carbocycles. The van der Waals surface area contributed by atoms with Crippen LogP contribution in [0, 0.1) is 5.82 Å². The van der Waals surface area contributed by atoms with Crippen molar-refractivity contribution < 1.29 is 18.7 Å². The molecule has 1 N–H and O–H groups in total. The fourth-order valence-corrected chi connectivity index (χ4v) is 2.97. The fraction of sp³-hybridized carbons (Fsp3) is 0.150. The number of hydrogen-bond acceptors (Lipinski definition) is 5. The minimum absolute atomic E-state index is 0.0110. The van der Waals surface area contributed by atoms with E-state index in [4.69, 9.17) is 9.47 Å². The summed E-state index contributed by atoms with van der Waals surface area (Å²) < 4.78 is 26.0. The van der Waals surface area contributed by atoms with Gasteiger partial charge in [-0.15, -0.1) is 0 Å². The summed E-state index contributed by atoms with van der Waals surface area (Å²) in [7, 11) is 3.05. The second kappa shape index (κ2) is 8.87. The quantitative estimate of drug-likeness (QED) is 0.607. The van der Waals surface area contributed by atoms with E-state index in [2.05, 4.69) is 26.3 Å². The van der Waals surface area contributed by atoms with E-state index in [0.29, 0.717) is 27.2 Å². The van der Waals surface area contributed by atoms with Gasteiger partial charge in [-0.25, -0.2) is 9.07 Å². The molecule has 1 heterocycles. The molecule has 0 aliphatic carbocycles. The summed E-state index contributed by atoms with van der Waals surface area (Å²) >= 11 is 3.15. The Hall–Kier alpha value is -3.20. The van der Waals surface area contributed by atoms with E-state index < -0.39 is 17.3 Å². The largest absolute Gasteiger partial charge is 0.497 e. The number of amides is 1. The van der Waals surface area contributed by atoms with Crippen molar-refractivity contribution in [3.8, 4) is 22.8 Å². The predicted molar refractivity (Wildman–Crippen MR) is 110 cm³/mol. The third-order valence-corrected chi connectivity index (χ3v) is 4.54. The number of aromatic nitrogens is 2. The Balaban J connectivity index is 1.88. The van der Waals surface area contributed by atoms with Crippen molar-refractivity contribution in [3.63, 3.8) is 0 Å². The average molecular weight is 462 g/mol. The summed E-state index contributed by atoms with van der Waals surface area (Å²) in [6.07, 6.45) is 0. The highest BCUT2D eigenvalue weighted by Gasteiger charge is 2.13. The van der Waals surface area contributed by atoms with Gasteiger partial charge in [0.25, 0.3) is 5.56 Å². The van der Waals surface area contributed by atoms with Crippen LogP contribution in [0.3, 0.4) is 0 Å². The molecule has 0 spiro atoms. The molecule has 0 radical (unpaired) electrons. The summed E-state index contributed by atoms with van der Waals surface area (Å²) in [6, 6.07) is 12.2. The number of rotatable bonds is 6. The Morgan fingerprint density at radius 1 is 1.14 bits per heavy atom. The van der Waals surface area contributed by atoms with Gasteiger partial charge < -0.3 is 14.8 Å². The molecule has 0 aliphatic heterocycles. The minimum Gasteiger partial charge on any atom is -0.497 e. The Bertz CT molecular complexity index is 1120. The maximum absolute atomic E-state index is 13.9. The molecule has 0 saturated heterocycles. The van der Waals surface area contributed by atoms with Crippen LogP contribution in [0.2, 0.25) is 0 Å². The van der Waals surface area contributed by atoms with E-state index in [1.165, 1.54) is 38.5 Å². The van der Waals surface area contributed by atoms with Gasteiger partial charge in [0.15, 0.2) is 0 Å². The SMILES string of the molecule is COc1ccc(OC)c(-c2ccc(=O)n(CC(=O)Nc3ccc(Br)cc3F)n2)c1. The van der Waals surface area contributed by atoms with Crippen LogP contribution in [0.25, 0.3) is 11.3 Å². The van der Waals surface area contributed by atoms with Gasteiger partial charge in [-0.1, -0.05) is 15.9 Å². The van der Waals surface area contributed by atoms with Gasteiger partial charge >= 0.3 is 0 Å². The number of hydrogen-bond donors (Lipinski definition) is 1. The summed E-state index contributed by atoms with van der Waals surface area (Å²) in [6.45, 7) is -0.380. The molecule has 2 aromatic carbocycles. The normalized spacial score (nSPS) is 10.5. The molecular formula is C20H17BrFN3O4. The highest BCUT2D eigenvalue weighted by atomic mass is 79.9. The average Bonchev–Trinajstić information content (AvgIpc) is 2.71. The molecule has 0 aliphatic rings. The number of benzene rings is 2. The molecule has 0 unspecified atom stereocenters. The first-order chi connectivity index (χ1) is 13.9. The van der Waals surface area contributed by atoms with Gasteiger partial charge in [0, 0.05) is 16.1 Å². The van der Waals surface area contributed by atoms with Crippen LogP contribution in [0.15, 0.2) is 57.8 Å². The van der Waals surface area contributed by atoms with E-state index in [9.17, 15) is 14.0 Å². The highest BCUT2D eigenvalue weighted by Crippen LogP contribution is 2.31. The lowest BCUT2D eigenvalue weighted by Gasteiger charge is -2.12. The van der Waals surface area contributed by atoms with Crippen molar-refractivity contribution in [2.75, 3.05) is 19.5 Å². The lowest BCUT2D eigenvalue weighted by Crippen LogP contribution is -2.29. The number of nitrogens with zero attached hydrogens (tertiary/aromatic N) is 2. The third-order valence-electron chi connectivity index (χ3n) is 4.05. The van der Waals surface area contributed by atoms with Crippen LogP contribution in [0.5, 0.6) is 11.5 Å². The number of halogens is 2. The number of carbonyl (C=O) groups excluding carboxylic acids is 1. The van der Waals surface area contributed by atoms with Crippen LogP contribution >= 0.6 is 15.9 Å². The van der Waals surface area contributed by atoms with Crippen molar-refractivity contribution >= 4 is 27.5 Å². The van der Waals surface area contributed by atoms with Crippen LogP contribution in [-0.4, -0.2) is 29.9 Å². The molecule has 29 heavy (non-hydrogen) atoms. The van der Waals surface area contributed by atoms with E-state index in [-0.39, 0.29) is 12.2 Å². The maximum atomic E-state index is 13.9. The summed E-state index contributed by atoms with van der Waals surface area (Å²) in [5.41, 5.74) is 0.557. The van der Waals surface area contributed by atoms with E-state index in [0.717, 1.165) is 4.68 Å². The molecule has 1 amide bonds. The highest BCUT2D eigenvalue weighted by molar-refractivity contribution is 9.10. The fourth-order valence-electron chi connectivity index (χ4n) is 2.64. The van der Waals surface area contributed by atoms with Crippen LogP contribution in [0.1, 0.15) is 0 Å². The monoisotopic (exact) mass is 461 g/mol. The van der Waals surface area contributed by atoms with Gasteiger partial charge in [0.1, 0.15) is 23.9 Å². The first kappa shape index (κ1) is 20.5. The molecule has 0 fully saturated rings. The summed E-state index contributed by atoms with van der Waals surface area (Å²) in [5, 5.41) is 6.69. The van der Waals surface area contributed by atoms with Gasteiger partial charge in [0.05, 0.1) is 25.6 Å².